The van der Waals surface area contributed by atoms with E-state index in [4.69, 9.17) is 11.6 Å². The van der Waals surface area contributed by atoms with E-state index in [0.29, 0.717) is 12.6 Å². The van der Waals surface area contributed by atoms with Gasteiger partial charge in [-0.05, 0) is 63.1 Å². The molecule has 1 saturated heterocycles. The minimum Gasteiger partial charge on any atom is -0.369 e. The van der Waals surface area contributed by atoms with E-state index in [2.05, 4.69) is 64.7 Å². The highest BCUT2D eigenvalue weighted by Crippen LogP contribution is 2.30. The highest BCUT2D eigenvalue weighted by Gasteiger charge is 2.21. The second-order valence-electron chi connectivity index (χ2n) is 9.44. The molecule has 1 aliphatic rings. The monoisotopic (exact) mass is 492 g/mol. The molecule has 1 atom stereocenters. The van der Waals surface area contributed by atoms with Gasteiger partial charge in [0.05, 0.1) is 5.56 Å². The van der Waals surface area contributed by atoms with Crippen molar-refractivity contribution in [3.63, 3.8) is 0 Å². The van der Waals surface area contributed by atoms with E-state index in [1.807, 2.05) is 36.4 Å². The number of nitrogens with zero attached hydrogens (tertiary/aromatic N) is 3. The molecule has 1 unspecified atom stereocenters. The molecule has 0 radical (unpaired) electrons. The largest absolute Gasteiger partial charge is 0.369 e. The lowest BCUT2D eigenvalue weighted by molar-refractivity contribution is 0.0950. The van der Waals surface area contributed by atoms with Gasteiger partial charge < -0.3 is 14.8 Å². The molecule has 5 nitrogen and oxygen atoms in total. The number of amides is 1. The summed E-state index contributed by atoms with van der Waals surface area (Å²) in [5, 5.41) is 3.95. The molecule has 2 aromatic carbocycles. The molecule has 1 N–H and O–H groups in total. The Morgan fingerprint density at radius 2 is 1.77 bits per heavy atom. The van der Waals surface area contributed by atoms with E-state index >= 15 is 0 Å². The Balaban J connectivity index is 1.30. The Labute approximate surface area is 214 Å². The number of hydrogen-bond donors (Lipinski definition) is 1. The van der Waals surface area contributed by atoms with Gasteiger partial charge >= 0.3 is 0 Å². The maximum absolute atomic E-state index is 13.1. The first-order chi connectivity index (χ1) is 17.0. The zero-order chi connectivity index (χ0) is 24.8. The highest BCUT2D eigenvalue weighted by atomic mass is 35.5. The van der Waals surface area contributed by atoms with Gasteiger partial charge in [-0.15, -0.1) is 0 Å². The van der Waals surface area contributed by atoms with Crippen molar-refractivity contribution in [1.82, 2.24) is 14.8 Å². The van der Waals surface area contributed by atoms with Crippen molar-refractivity contribution in [2.45, 2.75) is 39.7 Å². The van der Waals surface area contributed by atoms with Gasteiger partial charge in [0.2, 0.25) is 0 Å². The average Bonchev–Trinajstić information content (AvgIpc) is 3.24. The van der Waals surface area contributed by atoms with Gasteiger partial charge in [-0.2, -0.15) is 0 Å². The fourth-order valence-corrected chi connectivity index (χ4v) is 5.12. The van der Waals surface area contributed by atoms with Gasteiger partial charge in [-0.3, -0.25) is 9.69 Å². The van der Waals surface area contributed by atoms with Crippen LogP contribution < -0.4 is 10.2 Å². The number of halogens is 1. The number of benzene rings is 2. The summed E-state index contributed by atoms with van der Waals surface area (Å²) in [6.07, 6.45) is 1.96. The zero-order valence-corrected chi connectivity index (χ0v) is 21.9. The molecule has 1 amide bonds. The average molecular weight is 493 g/mol. The molecule has 3 aromatic rings. The third kappa shape index (κ3) is 6.09. The van der Waals surface area contributed by atoms with Crippen molar-refractivity contribution >= 4 is 23.2 Å². The van der Waals surface area contributed by atoms with Crippen LogP contribution in [0, 0.1) is 6.92 Å². The van der Waals surface area contributed by atoms with Gasteiger partial charge in [-0.1, -0.05) is 54.9 Å². The fraction of sp³-hybridized carbons (Fsp3) is 0.414. The molecule has 35 heavy (non-hydrogen) atoms. The van der Waals surface area contributed by atoms with Crippen molar-refractivity contribution in [2.75, 3.05) is 44.2 Å². The van der Waals surface area contributed by atoms with Crippen LogP contribution in [0.4, 0.5) is 5.69 Å². The molecule has 1 aromatic heterocycles. The SMILES string of the molecule is CCC(C)n1c(-c2ccccc2)cc(C(=O)NCCCN2CCN(c3cccc(Cl)c3)CC2)c1C. The first-order valence-corrected chi connectivity index (χ1v) is 13.1. The summed E-state index contributed by atoms with van der Waals surface area (Å²) in [5.74, 6) is 0.0208. The molecule has 0 bridgehead atoms. The maximum Gasteiger partial charge on any atom is 0.253 e. The summed E-state index contributed by atoms with van der Waals surface area (Å²) < 4.78 is 2.31. The Morgan fingerprint density at radius 1 is 1.03 bits per heavy atom. The van der Waals surface area contributed by atoms with E-state index < -0.39 is 0 Å². The zero-order valence-electron chi connectivity index (χ0n) is 21.1. The molecule has 4 rings (SSSR count). The lowest BCUT2D eigenvalue weighted by Crippen LogP contribution is -2.47. The number of carbonyl (C=O) groups is 1. The van der Waals surface area contributed by atoms with Crippen molar-refractivity contribution < 1.29 is 4.79 Å². The quantitative estimate of drug-likeness (QED) is 0.371. The molecule has 0 saturated carbocycles. The fourth-order valence-electron chi connectivity index (χ4n) is 4.94. The number of aromatic nitrogens is 1. The Morgan fingerprint density at radius 3 is 2.46 bits per heavy atom. The van der Waals surface area contributed by atoms with E-state index in [-0.39, 0.29) is 5.91 Å². The summed E-state index contributed by atoms with van der Waals surface area (Å²) in [5.41, 5.74) is 5.26. The molecule has 186 valence electrons. The minimum atomic E-state index is 0.0208. The Bertz CT molecular complexity index is 1120. The minimum absolute atomic E-state index is 0.0208. The molecule has 1 fully saturated rings. The lowest BCUT2D eigenvalue weighted by Gasteiger charge is -2.36. The third-order valence-electron chi connectivity index (χ3n) is 7.12. The second kappa shape index (κ2) is 11.8. The van der Waals surface area contributed by atoms with Crippen LogP contribution in [0.3, 0.4) is 0 Å². The summed E-state index contributed by atoms with van der Waals surface area (Å²) in [6.45, 7) is 12.2. The first-order valence-electron chi connectivity index (χ1n) is 12.8. The van der Waals surface area contributed by atoms with Crippen molar-refractivity contribution in [1.29, 1.82) is 0 Å². The molecular weight excluding hydrogens is 456 g/mol. The summed E-state index contributed by atoms with van der Waals surface area (Å²) in [7, 11) is 0. The molecular formula is C29H37ClN4O. The lowest BCUT2D eigenvalue weighted by atomic mass is 10.1. The standard InChI is InChI=1S/C29H37ClN4O/c1-4-22(2)34-23(3)27(21-28(34)24-10-6-5-7-11-24)29(35)31-14-9-15-32-16-18-33(19-17-32)26-13-8-12-25(30)20-26/h5-8,10-13,20-22H,4,9,14-19H2,1-3H3,(H,31,35). The number of piperazine rings is 1. The van der Waals surface area contributed by atoms with E-state index in [1.165, 1.54) is 5.69 Å². The van der Waals surface area contributed by atoms with Crippen molar-refractivity contribution in [3.8, 4) is 11.3 Å². The molecule has 0 aliphatic carbocycles. The van der Waals surface area contributed by atoms with E-state index in [1.54, 1.807) is 0 Å². The van der Waals surface area contributed by atoms with Gasteiger partial charge in [0.25, 0.3) is 5.91 Å². The Kier molecular flexibility index (Phi) is 8.53. The maximum atomic E-state index is 13.1. The van der Waals surface area contributed by atoms with Crippen LogP contribution >= 0.6 is 11.6 Å². The van der Waals surface area contributed by atoms with Crippen LogP contribution in [0.1, 0.15) is 48.8 Å². The Hall–Kier alpha value is -2.76. The van der Waals surface area contributed by atoms with Gasteiger partial charge in [0.15, 0.2) is 0 Å². The predicted octanol–water partition coefficient (Wildman–Crippen LogP) is 6.03. The summed E-state index contributed by atoms with van der Waals surface area (Å²) in [6, 6.07) is 20.8. The molecule has 0 spiro atoms. The van der Waals surface area contributed by atoms with Crippen molar-refractivity contribution in [3.05, 3.63) is 76.9 Å². The van der Waals surface area contributed by atoms with E-state index in [0.717, 1.165) is 73.1 Å². The topological polar surface area (TPSA) is 40.5 Å². The summed E-state index contributed by atoms with van der Waals surface area (Å²) >= 11 is 6.15. The molecule has 1 aliphatic heterocycles. The first kappa shape index (κ1) is 25.3. The number of rotatable bonds is 9. The van der Waals surface area contributed by atoms with Crippen LogP contribution in [0.2, 0.25) is 5.02 Å². The number of carbonyl (C=O) groups excluding carboxylic acids is 1. The number of nitrogens with one attached hydrogen (secondary N) is 1. The van der Waals surface area contributed by atoms with Crippen LogP contribution in [-0.2, 0) is 0 Å². The van der Waals surface area contributed by atoms with E-state index in [9.17, 15) is 4.79 Å². The smallest absolute Gasteiger partial charge is 0.253 e. The number of hydrogen-bond acceptors (Lipinski definition) is 3. The normalized spacial score (nSPS) is 15.3. The number of anilines is 1. The van der Waals surface area contributed by atoms with Crippen LogP contribution in [-0.4, -0.2) is 54.6 Å². The van der Waals surface area contributed by atoms with Crippen LogP contribution in [0.15, 0.2) is 60.7 Å². The molecule has 6 heteroatoms. The van der Waals surface area contributed by atoms with Crippen LogP contribution in [0.25, 0.3) is 11.3 Å². The molecule has 2 heterocycles. The van der Waals surface area contributed by atoms with Gasteiger partial charge in [0.1, 0.15) is 0 Å². The van der Waals surface area contributed by atoms with Crippen molar-refractivity contribution in [2.24, 2.45) is 0 Å². The second-order valence-corrected chi connectivity index (χ2v) is 9.88. The van der Waals surface area contributed by atoms with Gasteiger partial charge in [-0.25, -0.2) is 0 Å². The summed E-state index contributed by atoms with van der Waals surface area (Å²) in [4.78, 5) is 18.0. The van der Waals surface area contributed by atoms with Crippen LogP contribution in [0.5, 0.6) is 0 Å². The van der Waals surface area contributed by atoms with Gasteiger partial charge in [0, 0.05) is 60.9 Å². The third-order valence-corrected chi connectivity index (χ3v) is 7.35. The highest BCUT2D eigenvalue weighted by molar-refractivity contribution is 6.30. The predicted molar refractivity (Wildman–Crippen MR) is 147 cm³/mol.